The van der Waals surface area contributed by atoms with Crippen LogP contribution in [-0.2, 0) is 29.3 Å². The highest BCUT2D eigenvalue weighted by atomic mass is 32.2. The molecular weight excluding hydrogens is 392 g/mol. The third-order valence-corrected chi connectivity index (χ3v) is 8.43. The Balaban J connectivity index is 1.51. The minimum Gasteiger partial charge on any atom is -0.355 e. The molecule has 2 heterocycles. The number of likely N-dealkylation sites (tertiary alicyclic amines) is 1. The summed E-state index contributed by atoms with van der Waals surface area (Å²) in [6.07, 6.45) is 0.422. The van der Waals surface area contributed by atoms with Crippen LogP contribution in [0.4, 0.5) is 0 Å². The lowest BCUT2D eigenvalue weighted by atomic mass is 10.1. The van der Waals surface area contributed by atoms with Crippen LogP contribution < -0.4 is 5.32 Å². The zero-order valence-electron chi connectivity index (χ0n) is 14.7. The third kappa shape index (κ3) is 4.67. The summed E-state index contributed by atoms with van der Waals surface area (Å²) in [7, 11) is -6.60. The Morgan fingerprint density at radius 2 is 1.93 bits per heavy atom. The predicted octanol–water partition coefficient (Wildman–Crippen LogP) is -0.388. The fourth-order valence-electron chi connectivity index (χ4n) is 3.48. The molecule has 0 saturated carbocycles. The molecule has 2 fully saturated rings. The summed E-state index contributed by atoms with van der Waals surface area (Å²) in [5.74, 6) is -1.41. The fraction of sp³-hybridized carbons (Fsp3) is 0.529. The van der Waals surface area contributed by atoms with E-state index in [1.165, 1.54) is 17.0 Å². The summed E-state index contributed by atoms with van der Waals surface area (Å²) in [4.78, 5) is 26.1. The largest absolute Gasteiger partial charge is 0.355 e. The number of nitrogens with one attached hydrogen (secondary N) is 1. The van der Waals surface area contributed by atoms with Crippen molar-refractivity contribution in [3.8, 4) is 0 Å². The van der Waals surface area contributed by atoms with Gasteiger partial charge >= 0.3 is 0 Å². The number of hydrogen-bond acceptors (Lipinski definition) is 6. The maximum absolute atomic E-state index is 12.3. The number of benzene rings is 1. The summed E-state index contributed by atoms with van der Waals surface area (Å²) >= 11 is 0. The van der Waals surface area contributed by atoms with E-state index in [9.17, 15) is 26.4 Å². The molecule has 2 atom stereocenters. The van der Waals surface area contributed by atoms with Gasteiger partial charge in [-0.15, -0.1) is 0 Å². The number of amides is 2. The monoisotopic (exact) mass is 414 g/mol. The minimum absolute atomic E-state index is 0.0216. The van der Waals surface area contributed by atoms with E-state index in [1.807, 2.05) is 0 Å². The Labute approximate surface area is 158 Å². The molecule has 2 amide bonds. The molecule has 1 aromatic rings. The van der Waals surface area contributed by atoms with Crippen molar-refractivity contribution in [2.75, 3.05) is 30.3 Å². The lowest BCUT2D eigenvalue weighted by Crippen LogP contribution is -2.39. The van der Waals surface area contributed by atoms with E-state index in [2.05, 4.69) is 5.32 Å². The van der Waals surface area contributed by atoms with Crippen LogP contribution in [-0.4, -0.2) is 69.9 Å². The van der Waals surface area contributed by atoms with E-state index in [-0.39, 0.29) is 59.5 Å². The van der Waals surface area contributed by atoms with Gasteiger partial charge in [0.05, 0.1) is 28.1 Å². The van der Waals surface area contributed by atoms with Gasteiger partial charge in [0.15, 0.2) is 19.7 Å². The molecule has 0 aliphatic carbocycles. The first-order valence-electron chi connectivity index (χ1n) is 8.73. The van der Waals surface area contributed by atoms with E-state index in [4.69, 9.17) is 0 Å². The van der Waals surface area contributed by atoms with Crippen molar-refractivity contribution in [1.29, 1.82) is 0 Å². The van der Waals surface area contributed by atoms with Gasteiger partial charge in [-0.05, 0) is 18.6 Å². The van der Waals surface area contributed by atoms with Gasteiger partial charge < -0.3 is 10.2 Å². The van der Waals surface area contributed by atoms with Gasteiger partial charge in [0.1, 0.15) is 0 Å². The summed E-state index contributed by atoms with van der Waals surface area (Å²) in [5, 5.41) is 2.58. The molecule has 0 spiro atoms. The second-order valence-corrected chi connectivity index (χ2v) is 11.3. The Hall–Kier alpha value is -1.94. The minimum atomic E-state index is -3.49. The molecule has 27 heavy (non-hydrogen) atoms. The molecule has 148 valence electrons. The molecular formula is C17H22N2O6S2. The molecule has 3 rings (SSSR count). The van der Waals surface area contributed by atoms with Gasteiger partial charge in [0.25, 0.3) is 0 Å². The highest BCUT2D eigenvalue weighted by Crippen LogP contribution is 2.26. The maximum atomic E-state index is 12.3. The summed E-state index contributed by atoms with van der Waals surface area (Å²) in [5.41, 5.74) is 0. The summed E-state index contributed by atoms with van der Waals surface area (Å²) in [6.45, 7) is 0.134. The second kappa shape index (κ2) is 7.59. The first-order chi connectivity index (χ1) is 12.7. The first kappa shape index (κ1) is 19.8. The molecule has 1 N–H and O–H groups in total. The Bertz CT molecular complexity index is 927. The van der Waals surface area contributed by atoms with Crippen molar-refractivity contribution in [3.05, 3.63) is 30.3 Å². The van der Waals surface area contributed by atoms with Crippen molar-refractivity contribution in [3.63, 3.8) is 0 Å². The normalized spacial score (nSPS) is 24.9. The van der Waals surface area contributed by atoms with Crippen LogP contribution in [0.3, 0.4) is 0 Å². The van der Waals surface area contributed by atoms with Crippen LogP contribution >= 0.6 is 0 Å². The van der Waals surface area contributed by atoms with Gasteiger partial charge in [-0.25, -0.2) is 16.8 Å². The zero-order valence-corrected chi connectivity index (χ0v) is 16.3. The highest BCUT2D eigenvalue weighted by Gasteiger charge is 2.41. The molecule has 10 heteroatoms. The fourth-order valence-corrected chi connectivity index (χ4v) is 6.39. The van der Waals surface area contributed by atoms with E-state index in [0.717, 1.165) is 0 Å². The van der Waals surface area contributed by atoms with Gasteiger partial charge in [0, 0.05) is 25.6 Å². The standard InChI is InChI=1S/C17H22N2O6S2/c20-16-10-13(11-19(16)14-6-8-26(22,23)12-14)17(21)18-7-9-27(24,25)15-4-2-1-3-5-15/h1-5,13-14H,6-12H2,(H,18,21). The summed E-state index contributed by atoms with van der Waals surface area (Å²) in [6, 6.07) is 7.62. The molecule has 2 unspecified atom stereocenters. The molecule has 2 aliphatic rings. The Kier molecular flexibility index (Phi) is 5.57. The van der Waals surface area contributed by atoms with Crippen LogP contribution in [0.2, 0.25) is 0 Å². The second-order valence-electron chi connectivity index (χ2n) is 6.93. The first-order valence-corrected chi connectivity index (χ1v) is 12.2. The topological polar surface area (TPSA) is 118 Å². The molecule has 0 bridgehead atoms. The van der Waals surface area contributed by atoms with Crippen LogP contribution in [0.5, 0.6) is 0 Å². The average Bonchev–Trinajstić information content (AvgIpc) is 3.17. The quantitative estimate of drug-likeness (QED) is 0.678. The molecule has 8 nitrogen and oxygen atoms in total. The van der Waals surface area contributed by atoms with Crippen LogP contribution in [0.15, 0.2) is 35.2 Å². The zero-order chi connectivity index (χ0) is 19.7. The maximum Gasteiger partial charge on any atom is 0.225 e. The number of rotatable bonds is 6. The Morgan fingerprint density at radius 3 is 2.56 bits per heavy atom. The van der Waals surface area contributed by atoms with Crippen molar-refractivity contribution in [2.24, 2.45) is 5.92 Å². The third-order valence-electron chi connectivity index (χ3n) is 4.95. The molecule has 1 aromatic carbocycles. The Morgan fingerprint density at radius 1 is 1.22 bits per heavy atom. The lowest BCUT2D eigenvalue weighted by Gasteiger charge is -2.22. The average molecular weight is 415 g/mol. The molecule has 0 radical (unpaired) electrons. The van der Waals surface area contributed by atoms with Crippen LogP contribution in [0.25, 0.3) is 0 Å². The van der Waals surface area contributed by atoms with Crippen molar-refractivity contribution >= 4 is 31.5 Å². The van der Waals surface area contributed by atoms with E-state index < -0.39 is 25.6 Å². The van der Waals surface area contributed by atoms with E-state index >= 15 is 0 Å². The molecule has 2 aliphatic heterocycles. The number of nitrogens with zero attached hydrogens (tertiary/aromatic N) is 1. The van der Waals surface area contributed by atoms with Crippen molar-refractivity contribution in [2.45, 2.75) is 23.8 Å². The van der Waals surface area contributed by atoms with Gasteiger partial charge in [-0.2, -0.15) is 0 Å². The predicted molar refractivity (Wildman–Crippen MR) is 98.4 cm³/mol. The molecule has 0 aromatic heterocycles. The van der Waals surface area contributed by atoms with Crippen LogP contribution in [0, 0.1) is 5.92 Å². The van der Waals surface area contributed by atoms with Gasteiger partial charge in [0.2, 0.25) is 11.8 Å². The van der Waals surface area contributed by atoms with Gasteiger partial charge in [-0.1, -0.05) is 18.2 Å². The SMILES string of the molecule is O=C(NCCS(=O)(=O)c1ccccc1)C1CC(=O)N(C2CCS(=O)(=O)C2)C1. The summed E-state index contributed by atoms with van der Waals surface area (Å²) < 4.78 is 47.6. The number of carbonyl (C=O) groups is 2. The number of hydrogen-bond donors (Lipinski definition) is 1. The van der Waals surface area contributed by atoms with Crippen LogP contribution in [0.1, 0.15) is 12.8 Å². The smallest absolute Gasteiger partial charge is 0.225 e. The number of sulfone groups is 2. The van der Waals surface area contributed by atoms with Gasteiger partial charge in [-0.3, -0.25) is 9.59 Å². The van der Waals surface area contributed by atoms with E-state index in [1.54, 1.807) is 18.2 Å². The lowest BCUT2D eigenvalue weighted by molar-refractivity contribution is -0.130. The molecule has 2 saturated heterocycles. The highest BCUT2D eigenvalue weighted by molar-refractivity contribution is 7.91. The van der Waals surface area contributed by atoms with Crippen molar-refractivity contribution < 1.29 is 26.4 Å². The number of carbonyl (C=O) groups excluding carboxylic acids is 2. The van der Waals surface area contributed by atoms with E-state index in [0.29, 0.717) is 6.42 Å². The van der Waals surface area contributed by atoms with Crippen molar-refractivity contribution in [1.82, 2.24) is 10.2 Å².